The highest BCUT2D eigenvalue weighted by molar-refractivity contribution is 6.32. The molecule has 0 aliphatic carbocycles. The minimum atomic E-state index is -1.13. The average Bonchev–Trinajstić information content (AvgIpc) is 3.21. The summed E-state index contributed by atoms with van der Waals surface area (Å²) in [5.74, 6) is -0.241. The number of amides is 2. The molecule has 2 aromatic carbocycles. The van der Waals surface area contributed by atoms with Crippen molar-refractivity contribution in [1.82, 2.24) is 4.90 Å². The van der Waals surface area contributed by atoms with E-state index in [1.807, 2.05) is 83.2 Å². The normalized spacial score (nSPS) is 19.8. The van der Waals surface area contributed by atoms with Gasteiger partial charge in [0.1, 0.15) is 6.61 Å². The van der Waals surface area contributed by atoms with Crippen LogP contribution in [0.4, 0.5) is 4.79 Å². The molecule has 202 valence electrons. The molecular weight excluding hydrogens is 482 g/mol. The highest BCUT2D eigenvalue weighted by Crippen LogP contribution is 2.41. The first kappa shape index (κ1) is 29.1. The Morgan fingerprint density at radius 2 is 1.73 bits per heavy atom. The maximum Gasteiger partial charge on any atom is 0.417 e. The lowest BCUT2D eigenvalue weighted by molar-refractivity contribution is -0.146. The van der Waals surface area contributed by atoms with Crippen LogP contribution in [0.1, 0.15) is 79.5 Å². The van der Waals surface area contributed by atoms with E-state index < -0.39 is 33.0 Å². The predicted octanol–water partition coefficient (Wildman–Crippen LogP) is 6.01. The van der Waals surface area contributed by atoms with E-state index in [1.54, 1.807) is 6.92 Å². The molecule has 37 heavy (non-hydrogen) atoms. The van der Waals surface area contributed by atoms with Crippen molar-refractivity contribution in [1.29, 1.82) is 0 Å². The van der Waals surface area contributed by atoms with E-state index in [0.717, 1.165) is 21.9 Å². The van der Waals surface area contributed by atoms with Crippen molar-refractivity contribution >= 4 is 38.6 Å². The number of cyclic esters (lactones) is 1. The molecule has 2 amide bonds. The van der Waals surface area contributed by atoms with Crippen LogP contribution in [0, 0.1) is 11.3 Å². The Morgan fingerprint density at radius 3 is 2.32 bits per heavy atom. The molecule has 1 fully saturated rings. The van der Waals surface area contributed by atoms with Crippen molar-refractivity contribution in [2.75, 3.05) is 6.61 Å². The second-order valence-corrected chi connectivity index (χ2v) is 15.2. The third kappa shape index (κ3) is 6.33. The zero-order valence-corrected chi connectivity index (χ0v) is 25.2. The molecule has 7 heteroatoms. The first-order chi connectivity index (χ1) is 17.1. The summed E-state index contributed by atoms with van der Waals surface area (Å²) in [7, 11) is -0.994. The molecule has 2 aromatic rings. The first-order valence-electron chi connectivity index (χ1n) is 13.1. The molecule has 1 aliphatic rings. The van der Waals surface area contributed by atoms with Crippen LogP contribution in [0.2, 0.25) is 5.04 Å². The third-order valence-electron chi connectivity index (χ3n) is 7.44. The minimum Gasteiger partial charge on any atom is -0.447 e. The molecule has 0 radical (unpaired) electrons. The fourth-order valence-electron chi connectivity index (χ4n) is 4.40. The largest absolute Gasteiger partial charge is 0.447 e. The van der Waals surface area contributed by atoms with Crippen LogP contribution in [-0.4, -0.2) is 50.0 Å². The molecular formula is C30H43NO5Si. The van der Waals surface area contributed by atoms with Crippen LogP contribution >= 0.6 is 0 Å². The third-order valence-corrected chi connectivity index (χ3v) is 9.17. The number of carbonyl (C=O) groups is 2. The van der Waals surface area contributed by atoms with Gasteiger partial charge in [0.25, 0.3) is 0 Å². The van der Waals surface area contributed by atoms with Gasteiger partial charge in [-0.2, -0.15) is 0 Å². The lowest BCUT2D eigenvalue weighted by atomic mass is 9.73. The van der Waals surface area contributed by atoms with Crippen LogP contribution in [0.5, 0.6) is 0 Å². The average molecular weight is 526 g/mol. The number of carbonyl (C=O) groups excluding carboxylic acids is 2. The van der Waals surface area contributed by atoms with Crippen LogP contribution < -0.4 is 0 Å². The van der Waals surface area contributed by atoms with E-state index in [-0.39, 0.29) is 29.5 Å². The monoisotopic (exact) mass is 525 g/mol. The Kier molecular flexibility index (Phi) is 8.42. The maximum atomic E-state index is 14.2. The highest BCUT2D eigenvalue weighted by Gasteiger charge is 2.53. The van der Waals surface area contributed by atoms with Crippen molar-refractivity contribution < 1.29 is 23.9 Å². The van der Waals surface area contributed by atoms with Crippen LogP contribution in [0.25, 0.3) is 16.8 Å². The first-order valence-corrected chi connectivity index (χ1v) is 14.4. The Morgan fingerprint density at radius 1 is 1.08 bits per heavy atom. The number of imide groups is 1. The SMILES string of the molecule is CC(C)[C@@H]1COC(=O)N1C(=O)[C@](C)(C=Cc1ccc2ccc([C@@H](C)O)cc2c1)C(C)(C)O[SiH2]C(C)(C)C. The number of hydrogen-bond acceptors (Lipinski definition) is 5. The minimum absolute atomic E-state index is 0.0396. The molecule has 1 aliphatic heterocycles. The number of hydrogen-bond donors (Lipinski definition) is 1. The Labute approximate surface area is 224 Å². The number of aliphatic hydroxyl groups is 1. The van der Waals surface area contributed by atoms with Gasteiger partial charge in [0, 0.05) is 0 Å². The number of benzene rings is 2. The van der Waals surface area contributed by atoms with E-state index in [4.69, 9.17) is 9.16 Å². The van der Waals surface area contributed by atoms with Gasteiger partial charge >= 0.3 is 6.09 Å². The Bertz CT molecular complexity index is 1180. The predicted molar refractivity (Wildman–Crippen MR) is 152 cm³/mol. The van der Waals surface area contributed by atoms with Crippen LogP contribution in [-0.2, 0) is 14.0 Å². The Hall–Kier alpha value is -2.48. The Balaban J connectivity index is 2.06. The fourth-order valence-corrected chi connectivity index (χ4v) is 5.49. The van der Waals surface area contributed by atoms with E-state index in [2.05, 4.69) is 20.8 Å². The van der Waals surface area contributed by atoms with E-state index in [0.29, 0.717) is 0 Å². The molecule has 1 heterocycles. The molecule has 0 spiro atoms. The summed E-state index contributed by atoms with van der Waals surface area (Å²) in [5.41, 5.74) is -0.218. The summed E-state index contributed by atoms with van der Waals surface area (Å²) < 4.78 is 11.8. The van der Waals surface area contributed by atoms with Gasteiger partial charge in [-0.25, -0.2) is 9.69 Å². The maximum absolute atomic E-state index is 14.2. The highest BCUT2D eigenvalue weighted by atomic mass is 28.2. The summed E-state index contributed by atoms with van der Waals surface area (Å²) in [5, 5.41) is 12.1. The lowest BCUT2D eigenvalue weighted by Crippen LogP contribution is -2.57. The van der Waals surface area contributed by atoms with Gasteiger partial charge in [0.2, 0.25) is 5.91 Å². The topological polar surface area (TPSA) is 76.1 Å². The molecule has 0 bridgehead atoms. The second-order valence-electron chi connectivity index (χ2n) is 12.5. The molecule has 0 saturated carbocycles. The van der Waals surface area contributed by atoms with Gasteiger partial charge in [0.15, 0.2) is 9.76 Å². The number of rotatable bonds is 8. The summed E-state index contributed by atoms with van der Waals surface area (Å²) in [6.45, 7) is 18.1. The second kappa shape index (κ2) is 10.7. The fraction of sp³-hybridized carbons (Fsp3) is 0.533. The van der Waals surface area contributed by atoms with Crippen molar-refractivity contribution in [2.45, 2.75) is 85.1 Å². The number of fused-ring (bicyclic) bond motifs is 1. The van der Waals surface area contributed by atoms with Crippen LogP contribution in [0.15, 0.2) is 42.5 Å². The smallest absolute Gasteiger partial charge is 0.417 e. The van der Waals surface area contributed by atoms with Gasteiger partial charge in [-0.3, -0.25) is 4.79 Å². The van der Waals surface area contributed by atoms with E-state index in [9.17, 15) is 14.7 Å². The van der Waals surface area contributed by atoms with Gasteiger partial charge in [-0.05, 0) is 72.7 Å². The van der Waals surface area contributed by atoms with Gasteiger partial charge in [0.05, 0.1) is 23.2 Å². The summed E-state index contributed by atoms with van der Waals surface area (Å²) in [6.07, 6.45) is 2.67. The molecule has 1 N–H and O–H groups in total. The van der Waals surface area contributed by atoms with Crippen LogP contribution in [0.3, 0.4) is 0 Å². The summed E-state index contributed by atoms with van der Waals surface area (Å²) in [4.78, 5) is 28.2. The number of aliphatic hydroxyl groups excluding tert-OH is 1. The number of ether oxygens (including phenoxy) is 1. The van der Waals surface area contributed by atoms with Crippen molar-refractivity contribution in [2.24, 2.45) is 11.3 Å². The molecule has 1 saturated heterocycles. The number of nitrogens with zero attached hydrogens (tertiary/aromatic N) is 1. The molecule has 6 nitrogen and oxygen atoms in total. The van der Waals surface area contributed by atoms with Gasteiger partial charge in [-0.1, -0.05) is 71.0 Å². The van der Waals surface area contributed by atoms with Crippen molar-refractivity contribution in [3.63, 3.8) is 0 Å². The zero-order valence-electron chi connectivity index (χ0n) is 23.8. The van der Waals surface area contributed by atoms with E-state index in [1.165, 1.54) is 4.90 Å². The van der Waals surface area contributed by atoms with Gasteiger partial charge in [-0.15, -0.1) is 0 Å². The molecule has 0 aromatic heterocycles. The summed E-state index contributed by atoms with van der Waals surface area (Å²) >= 11 is 0. The molecule has 3 rings (SSSR count). The van der Waals surface area contributed by atoms with Crippen molar-refractivity contribution in [3.8, 4) is 0 Å². The summed E-state index contributed by atoms with van der Waals surface area (Å²) in [6, 6.07) is 11.7. The van der Waals surface area contributed by atoms with Crippen molar-refractivity contribution in [3.05, 3.63) is 53.6 Å². The quantitative estimate of drug-likeness (QED) is 0.427. The van der Waals surface area contributed by atoms with E-state index >= 15 is 0 Å². The molecule has 3 atom stereocenters. The standard InChI is InChI=1S/C30H43NO5Si/c1-19(2)25-18-35-27(34)31(25)26(33)30(9,29(7,8)36-37-28(4,5)6)15-14-21-10-11-22-12-13-23(20(3)32)17-24(22)16-21/h10-17,19-20,25,32H,18,37H2,1-9H3/t20-,25+,30+/m1/s1. The zero-order chi connectivity index (χ0) is 27.8. The molecule has 0 unspecified atom stereocenters. The lowest BCUT2D eigenvalue weighted by Gasteiger charge is -2.44. The van der Waals surface area contributed by atoms with Gasteiger partial charge < -0.3 is 14.3 Å².